The zero-order valence-corrected chi connectivity index (χ0v) is 8.33. The first-order valence-corrected chi connectivity index (χ1v) is 5.17. The third kappa shape index (κ3) is 3.39. The van der Waals surface area contributed by atoms with E-state index in [2.05, 4.69) is 24.3 Å². The van der Waals surface area contributed by atoms with Crippen LogP contribution in [0.15, 0.2) is 0 Å². The van der Waals surface area contributed by atoms with Gasteiger partial charge in [0, 0.05) is 0 Å². The number of ketones is 1. The maximum Gasteiger partial charge on any atom is 0.318 e. The van der Waals surface area contributed by atoms with Crippen molar-refractivity contribution in [3.8, 4) is 0 Å². The van der Waals surface area contributed by atoms with E-state index in [-0.39, 0.29) is 5.78 Å². The van der Waals surface area contributed by atoms with Gasteiger partial charge in [0.25, 0.3) is 0 Å². The summed E-state index contributed by atoms with van der Waals surface area (Å²) < 4.78 is 0. The molecule has 0 radical (unpaired) electrons. The van der Waals surface area contributed by atoms with Crippen LogP contribution in [0.5, 0.6) is 0 Å². The van der Waals surface area contributed by atoms with Gasteiger partial charge in [-0.15, -0.1) is 11.7 Å². The van der Waals surface area contributed by atoms with E-state index in [1.165, 1.54) is 6.92 Å². The average Bonchev–Trinajstić information content (AvgIpc) is 1.88. The van der Waals surface area contributed by atoms with Crippen LogP contribution in [0.1, 0.15) is 6.92 Å². The lowest BCUT2D eigenvalue weighted by molar-refractivity contribution is -0.137. The van der Waals surface area contributed by atoms with Gasteiger partial charge in [-0.2, -0.15) is 12.6 Å². The fraction of sp³-hybridized carbons (Fsp3) is 0.600. The molecule has 0 aromatic carbocycles. The second-order valence-corrected chi connectivity index (χ2v) is 3.83. The zero-order valence-electron chi connectivity index (χ0n) is 5.72. The monoisotopic (exact) mass is 212 g/mol. The van der Waals surface area contributed by atoms with Gasteiger partial charge in [-0.05, 0) is 6.92 Å². The Balaban J connectivity index is 4.25. The van der Waals surface area contributed by atoms with Crippen molar-refractivity contribution in [2.75, 3.05) is 0 Å². The van der Waals surface area contributed by atoms with E-state index in [0.29, 0.717) is 0 Å². The molecule has 0 heterocycles. The number of carbonyl (C=O) groups is 2. The van der Waals surface area contributed by atoms with Gasteiger partial charge >= 0.3 is 5.97 Å². The first-order valence-electron chi connectivity index (χ1n) is 2.72. The summed E-state index contributed by atoms with van der Waals surface area (Å²) in [6.45, 7) is 1.32. The SMILES string of the molecule is CC(=O)[C@H](SS)[C@H](S)C(=O)O. The van der Waals surface area contributed by atoms with Crippen LogP contribution < -0.4 is 0 Å². The zero-order chi connectivity index (χ0) is 9.02. The lowest BCUT2D eigenvalue weighted by atomic mass is 10.2. The third-order valence-electron chi connectivity index (χ3n) is 1.05. The molecule has 1 N–H and O–H groups in total. The largest absolute Gasteiger partial charge is 0.480 e. The Morgan fingerprint density at radius 2 is 2.00 bits per heavy atom. The molecule has 0 spiro atoms. The maximum absolute atomic E-state index is 10.7. The Kier molecular flexibility index (Phi) is 5.03. The van der Waals surface area contributed by atoms with Crippen molar-refractivity contribution in [1.82, 2.24) is 0 Å². The molecule has 0 aromatic heterocycles. The molecule has 0 bridgehead atoms. The van der Waals surface area contributed by atoms with Crippen molar-refractivity contribution in [2.24, 2.45) is 0 Å². The molecule has 0 aliphatic rings. The third-order valence-corrected chi connectivity index (χ3v) is 3.29. The van der Waals surface area contributed by atoms with E-state index in [1.807, 2.05) is 0 Å². The van der Waals surface area contributed by atoms with Crippen molar-refractivity contribution < 1.29 is 14.7 Å². The maximum atomic E-state index is 10.7. The topological polar surface area (TPSA) is 54.4 Å². The number of rotatable bonds is 4. The van der Waals surface area contributed by atoms with Crippen LogP contribution in [0.4, 0.5) is 0 Å². The Morgan fingerprint density at radius 1 is 1.55 bits per heavy atom. The summed E-state index contributed by atoms with van der Waals surface area (Å²) in [7, 11) is 0.902. The summed E-state index contributed by atoms with van der Waals surface area (Å²) in [5.74, 6) is -1.33. The second-order valence-electron chi connectivity index (χ2n) is 1.92. The summed E-state index contributed by atoms with van der Waals surface area (Å²) in [6.07, 6.45) is 0. The van der Waals surface area contributed by atoms with E-state index in [9.17, 15) is 9.59 Å². The van der Waals surface area contributed by atoms with Crippen molar-refractivity contribution in [1.29, 1.82) is 0 Å². The molecular weight excluding hydrogens is 204 g/mol. The number of aliphatic carboxylic acids is 1. The van der Waals surface area contributed by atoms with Crippen molar-refractivity contribution in [3.63, 3.8) is 0 Å². The van der Waals surface area contributed by atoms with E-state index in [0.717, 1.165) is 10.8 Å². The average molecular weight is 212 g/mol. The molecule has 64 valence electrons. The Labute approximate surface area is 79.1 Å². The first kappa shape index (κ1) is 11.2. The molecule has 6 heteroatoms. The predicted molar refractivity (Wildman–Crippen MR) is 51.5 cm³/mol. The van der Waals surface area contributed by atoms with Crippen LogP contribution in [0.25, 0.3) is 0 Å². The highest BCUT2D eigenvalue weighted by Gasteiger charge is 2.27. The fourth-order valence-electron chi connectivity index (χ4n) is 0.484. The predicted octanol–water partition coefficient (Wildman–Crippen LogP) is 0.905. The van der Waals surface area contributed by atoms with E-state index < -0.39 is 16.5 Å². The highest BCUT2D eigenvalue weighted by atomic mass is 33.1. The Hall–Kier alpha value is 0.190. The molecule has 0 aromatic rings. The summed E-state index contributed by atoms with van der Waals surface area (Å²) in [5, 5.41) is 6.80. The molecular formula is C5H8O3S3. The van der Waals surface area contributed by atoms with Gasteiger partial charge in [-0.3, -0.25) is 9.59 Å². The van der Waals surface area contributed by atoms with Crippen LogP contribution >= 0.6 is 35.1 Å². The standard InChI is InChI=1S/C5H8O3S3/c1-2(6)4(11-10)3(9)5(7)8/h3-4,9-10H,1H3,(H,7,8)/t3-,4-/m0/s1. The van der Waals surface area contributed by atoms with Crippen LogP contribution in [0.2, 0.25) is 0 Å². The number of Topliss-reactive ketones (excluding diaryl/α,β-unsaturated/α-hetero) is 1. The van der Waals surface area contributed by atoms with Gasteiger partial charge in [0.05, 0.1) is 5.25 Å². The molecule has 0 aliphatic heterocycles. The minimum atomic E-state index is -1.10. The number of carboxylic acid groups (broad SMARTS) is 1. The van der Waals surface area contributed by atoms with Gasteiger partial charge in [-0.1, -0.05) is 10.8 Å². The smallest absolute Gasteiger partial charge is 0.318 e. The summed E-state index contributed by atoms with van der Waals surface area (Å²) in [6, 6.07) is 0. The van der Waals surface area contributed by atoms with E-state index >= 15 is 0 Å². The highest BCUT2D eigenvalue weighted by Crippen LogP contribution is 2.22. The van der Waals surface area contributed by atoms with Gasteiger partial charge < -0.3 is 5.11 Å². The molecule has 3 nitrogen and oxygen atoms in total. The van der Waals surface area contributed by atoms with Gasteiger partial charge in [0.1, 0.15) is 11.0 Å². The molecule has 0 amide bonds. The summed E-state index contributed by atoms with van der Waals surface area (Å²) in [4.78, 5) is 21.1. The van der Waals surface area contributed by atoms with Crippen LogP contribution in [-0.4, -0.2) is 27.4 Å². The van der Waals surface area contributed by atoms with Crippen molar-refractivity contribution in [2.45, 2.75) is 17.4 Å². The Bertz CT molecular complexity index is 170. The van der Waals surface area contributed by atoms with Gasteiger partial charge in [0.15, 0.2) is 0 Å². The van der Waals surface area contributed by atoms with Crippen molar-refractivity contribution >= 4 is 46.8 Å². The molecule has 0 saturated carbocycles. The molecule has 2 atom stereocenters. The van der Waals surface area contributed by atoms with Gasteiger partial charge in [-0.25, -0.2) is 0 Å². The summed E-state index contributed by atoms with van der Waals surface area (Å²) >= 11 is 7.52. The number of hydrogen-bond donors (Lipinski definition) is 3. The molecule has 0 fully saturated rings. The van der Waals surface area contributed by atoms with Crippen LogP contribution in [0.3, 0.4) is 0 Å². The van der Waals surface area contributed by atoms with E-state index in [4.69, 9.17) is 5.11 Å². The number of carbonyl (C=O) groups excluding carboxylic acids is 1. The number of thiol groups is 2. The number of carboxylic acids is 1. The normalized spacial score (nSPS) is 15.5. The minimum Gasteiger partial charge on any atom is -0.480 e. The molecule has 0 rings (SSSR count). The summed E-state index contributed by atoms with van der Waals surface area (Å²) in [5.41, 5.74) is 0. The van der Waals surface area contributed by atoms with Crippen molar-refractivity contribution in [3.05, 3.63) is 0 Å². The molecule has 11 heavy (non-hydrogen) atoms. The Morgan fingerprint density at radius 3 is 2.09 bits per heavy atom. The van der Waals surface area contributed by atoms with Crippen LogP contribution in [0, 0.1) is 0 Å². The van der Waals surface area contributed by atoms with Crippen LogP contribution in [-0.2, 0) is 9.59 Å². The second kappa shape index (κ2) is 4.95. The lowest BCUT2D eigenvalue weighted by Crippen LogP contribution is -2.31. The highest BCUT2D eigenvalue weighted by molar-refractivity contribution is 8.69. The fourth-order valence-corrected chi connectivity index (χ4v) is 2.35. The quantitative estimate of drug-likeness (QED) is 0.479. The van der Waals surface area contributed by atoms with E-state index in [1.54, 1.807) is 0 Å². The molecule has 0 saturated heterocycles. The lowest BCUT2D eigenvalue weighted by Gasteiger charge is -2.12. The molecule has 0 aliphatic carbocycles. The van der Waals surface area contributed by atoms with Gasteiger partial charge in [0.2, 0.25) is 0 Å². The molecule has 0 unspecified atom stereocenters. The number of hydrogen-bond acceptors (Lipinski definition) is 5. The minimum absolute atomic E-state index is 0.229. The first-order chi connectivity index (χ1) is 5.00.